The highest BCUT2D eigenvalue weighted by molar-refractivity contribution is 7.88. The van der Waals surface area contributed by atoms with E-state index in [1.54, 1.807) is 0 Å². The number of sulfonamides is 1. The van der Waals surface area contributed by atoms with Crippen molar-refractivity contribution in [3.63, 3.8) is 0 Å². The molecule has 1 atom stereocenters. The van der Waals surface area contributed by atoms with Crippen LogP contribution < -0.4 is 10.6 Å². The molecule has 110 valence electrons. The minimum atomic E-state index is -3.09. The number of hydrogen-bond donors (Lipinski definition) is 2. The van der Waals surface area contributed by atoms with E-state index in [4.69, 9.17) is 0 Å². The normalized spacial score (nSPS) is 27.1. The fraction of sp³-hybridized carbons (Fsp3) is 0.917. The average Bonchev–Trinajstić information content (AvgIpc) is 2.39. The Kier molecular flexibility index (Phi) is 4.81. The Balaban J connectivity index is 1.77. The number of nitrogens with one attached hydrogen (secondary N) is 2. The quantitative estimate of drug-likeness (QED) is 0.736. The summed E-state index contributed by atoms with van der Waals surface area (Å²) in [6.45, 7) is 2.77. The van der Waals surface area contributed by atoms with Crippen molar-refractivity contribution in [2.45, 2.75) is 31.7 Å². The number of hydrogen-bond acceptors (Lipinski definition) is 4. The first-order chi connectivity index (χ1) is 8.97. The van der Waals surface area contributed by atoms with Gasteiger partial charge >= 0.3 is 0 Å². The molecule has 6 nitrogen and oxygen atoms in total. The zero-order chi connectivity index (χ0) is 13.9. The standard InChI is InChI=1S/C12H23N3O3S/c1-19(17,18)15-7-4-11(5-8-15)14-12(16)10-3-2-6-13-9-10/h10-11,13H,2-9H2,1H3,(H,14,16). The van der Waals surface area contributed by atoms with E-state index >= 15 is 0 Å². The van der Waals surface area contributed by atoms with Crippen molar-refractivity contribution in [2.75, 3.05) is 32.4 Å². The van der Waals surface area contributed by atoms with Crippen LogP contribution in [0.15, 0.2) is 0 Å². The van der Waals surface area contributed by atoms with Crippen LogP contribution in [0.1, 0.15) is 25.7 Å². The molecule has 0 aromatic heterocycles. The summed E-state index contributed by atoms with van der Waals surface area (Å²) in [5.41, 5.74) is 0. The van der Waals surface area contributed by atoms with Gasteiger partial charge in [0.2, 0.25) is 15.9 Å². The maximum Gasteiger partial charge on any atom is 0.224 e. The topological polar surface area (TPSA) is 78.5 Å². The summed E-state index contributed by atoms with van der Waals surface area (Å²) in [6.07, 6.45) is 4.64. The lowest BCUT2D eigenvalue weighted by molar-refractivity contribution is -0.126. The SMILES string of the molecule is CS(=O)(=O)N1CCC(NC(=O)C2CCCNC2)CC1. The fourth-order valence-electron chi connectivity index (χ4n) is 2.73. The van der Waals surface area contributed by atoms with Crippen LogP contribution in [0.4, 0.5) is 0 Å². The Morgan fingerprint density at radius 2 is 1.95 bits per heavy atom. The molecule has 0 bridgehead atoms. The molecule has 1 amide bonds. The second-order valence-corrected chi connectivity index (χ2v) is 7.47. The predicted molar refractivity (Wildman–Crippen MR) is 73.2 cm³/mol. The summed E-state index contributed by atoms with van der Waals surface area (Å²) in [7, 11) is -3.09. The van der Waals surface area contributed by atoms with E-state index in [1.165, 1.54) is 10.6 Å². The molecule has 7 heteroatoms. The van der Waals surface area contributed by atoms with Crippen molar-refractivity contribution in [3.05, 3.63) is 0 Å². The summed E-state index contributed by atoms with van der Waals surface area (Å²) >= 11 is 0. The first-order valence-electron chi connectivity index (χ1n) is 6.93. The molecule has 0 radical (unpaired) electrons. The Bertz CT molecular complexity index is 410. The van der Waals surface area contributed by atoms with Gasteiger partial charge in [0, 0.05) is 25.7 Å². The molecule has 0 spiro atoms. The number of nitrogens with zero attached hydrogens (tertiary/aromatic N) is 1. The smallest absolute Gasteiger partial charge is 0.224 e. The van der Waals surface area contributed by atoms with Gasteiger partial charge in [0.1, 0.15) is 0 Å². The van der Waals surface area contributed by atoms with Crippen molar-refractivity contribution < 1.29 is 13.2 Å². The highest BCUT2D eigenvalue weighted by atomic mass is 32.2. The minimum Gasteiger partial charge on any atom is -0.353 e. The molecule has 0 saturated carbocycles. The molecule has 2 rings (SSSR count). The summed E-state index contributed by atoms with van der Waals surface area (Å²) in [4.78, 5) is 12.1. The number of rotatable bonds is 3. The van der Waals surface area contributed by atoms with Crippen LogP contribution in [0.3, 0.4) is 0 Å². The van der Waals surface area contributed by atoms with Gasteiger partial charge in [0.25, 0.3) is 0 Å². The zero-order valence-electron chi connectivity index (χ0n) is 11.4. The van der Waals surface area contributed by atoms with E-state index in [0.717, 1.165) is 25.9 Å². The first-order valence-corrected chi connectivity index (χ1v) is 8.78. The van der Waals surface area contributed by atoms with Crippen molar-refractivity contribution >= 4 is 15.9 Å². The summed E-state index contributed by atoms with van der Waals surface area (Å²) in [5, 5.41) is 6.29. The molecular weight excluding hydrogens is 266 g/mol. The van der Waals surface area contributed by atoms with Gasteiger partial charge in [-0.05, 0) is 32.2 Å². The second kappa shape index (κ2) is 6.19. The molecule has 2 fully saturated rings. The van der Waals surface area contributed by atoms with Gasteiger partial charge in [0.05, 0.1) is 12.2 Å². The van der Waals surface area contributed by atoms with E-state index in [9.17, 15) is 13.2 Å². The van der Waals surface area contributed by atoms with Crippen molar-refractivity contribution in [1.82, 2.24) is 14.9 Å². The number of carbonyl (C=O) groups is 1. The van der Waals surface area contributed by atoms with Gasteiger partial charge in [-0.2, -0.15) is 0 Å². The lowest BCUT2D eigenvalue weighted by Gasteiger charge is -2.32. The lowest BCUT2D eigenvalue weighted by atomic mass is 9.97. The summed E-state index contributed by atoms with van der Waals surface area (Å²) in [6, 6.07) is 0.118. The summed E-state index contributed by atoms with van der Waals surface area (Å²) < 4.78 is 24.3. The number of carbonyl (C=O) groups excluding carboxylic acids is 1. The molecule has 2 N–H and O–H groups in total. The second-order valence-electron chi connectivity index (χ2n) is 5.49. The van der Waals surface area contributed by atoms with Gasteiger partial charge in [0.15, 0.2) is 0 Å². The zero-order valence-corrected chi connectivity index (χ0v) is 12.2. The Morgan fingerprint density at radius 1 is 1.26 bits per heavy atom. The fourth-order valence-corrected chi connectivity index (χ4v) is 3.60. The lowest BCUT2D eigenvalue weighted by Crippen LogP contribution is -2.49. The van der Waals surface area contributed by atoms with Gasteiger partial charge < -0.3 is 10.6 Å². The van der Waals surface area contributed by atoms with Crippen LogP contribution in [0.2, 0.25) is 0 Å². The van der Waals surface area contributed by atoms with E-state index < -0.39 is 10.0 Å². The van der Waals surface area contributed by atoms with Gasteiger partial charge in [-0.25, -0.2) is 12.7 Å². The molecule has 0 aromatic carbocycles. The Morgan fingerprint density at radius 3 is 2.47 bits per heavy atom. The predicted octanol–water partition coefficient (Wildman–Crippen LogP) is -0.474. The molecule has 2 aliphatic rings. The molecule has 2 aliphatic heterocycles. The van der Waals surface area contributed by atoms with Crippen LogP contribution in [0, 0.1) is 5.92 Å². The van der Waals surface area contributed by atoms with E-state index in [2.05, 4.69) is 10.6 Å². The third-order valence-electron chi connectivity index (χ3n) is 3.94. The van der Waals surface area contributed by atoms with Crippen LogP contribution >= 0.6 is 0 Å². The molecule has 2 saturated heterocycles. The number of piperidine rings is 2. The van der Waals surface area contributed by atoms with Crippen LogP contribution in [-0.2, 0) is 14.8 Å². The highest BCUT2D eigenvalue weighted by Gasteiger charge is 2.28. The average molecular weight is 289 g/mol. The number of amides is 1. The molecule has 19 heavy (non-hydrogen) atoms. The maximum absolute atomic E-state index is 12.1. The first kappa shape index (κ1) is 14.7. The van der Waals surface area contributed by atoms with Gasteiger partial charge in [-0.15, -0.1) is 0 Å². The van der Waals surface area contributed by atoms with E-state index in [0.29, 0.717) is 25.9 Å². The molecule has 0 aliphatic carbocycles. The molecule has 2 heterocycles. The Hall–Kier alpha value is -0.660. The molecule has 0 aromatic rings. The summed E-state index contributed by atoms with van der Waals surface area (Å²) in [5.74, 6) is 0.187. The third-order valence-corrected chi connectivity index (χ3v) is 5.24. The van der Waals surface area contributed by atoms with Crippen molar-refractivity contribution in [1.29, 1.82) is 0 Å². The van der Waals surface area contributed by atoms with E-state index in [-0.39, 0.29) is 17.9 Å². The maximum atomic E-state index is 12.1. The monoisotopic (exact) mass is 289 g/mol. The third kappa shape index (κ3) is 4.15. The Labute approximate surface area is 115 Å². The largest absolute Gasteiger partial charge is 0.353 e. The van der Waals surface area contributed by atoms with Crippen LogP contribution in [-0.4, -0.2) is 57.1 Å². The van der Waals surface area contributed by atoms with E-state index in [1.807, 2.05) is 0 Å². The van der Waals surface area contributed by atoms with Gasteiger partial charge in [-0.3, -0.25) is 4.79 Å². The van der Waals surface area contributed by atoms with Crippen molar-refractivity contribution in [2.24, 2.45) is 5.92 Å². The highest BCUT2D eigenvalue weighted by Crippen LogP contribution is 2.15. The molecular formula is C12H23N3O3S. The van der Waals surface area contributed by atoms with Crippen LogP contribution in [0.5, 0.6) is 0 Å². The van der Waals surface area contributed by atoms with Crippen molar-refractivity contribution in [3.8, 4) is 0 Å². The van der Waals surface area contributed by atoms with Crippen LogP contribution in [0.25, 0.3) is 0 Å². The molecule has 1 unspecified atom stereocenters. The van der Waals surface area contributed by atoms with Gasteiger partial charge in [-0.1, -0.05) is 0 Å². The minimum absolute atomic E-state index is 0.0710.